The molecule has 1 saturated heterocycles. The molecule has 4 rings (SSSR count). The molecule has 0 atom stereocenters. The summed E-state index contributed by atoms with van der Waals surface area (Å²) in [6.07, 6.45) is 2.65. The molecule has 0 spiro atoms. The maximum absolute atomic E-state index is 6.20. The summed E-state index contributed by atoms with van der Waals surface area (Å²) < 4.78 is 0. The van der Waals surface area contributed by atoms with E-state index in [1.165, 1.54) is 37.1 Å². The predicted octanol–water partition coefficient (Wildman–Crippen LogP) is 4.68. The van der Waals surface area contributed by atoms with Crippen LogP contribution >= 0.6 is 11.6 Å². The van der Waals surface area contributed by atoms with Crippen LogP contribution in [0.4, 0.5) is 11.4 Å². The van der Waals surface area contributed by atoms with E-state index in [2.05, 4.69) is 39.5 Å². The van der Waals surface area contributed by atoms with Gasteiger partial charge in [-0.1, -0.05) is 54.1 Å². The summed E-state index contributed by atoms with van der Waals surface area (Å²) in [5, 5.41) is 4.77. The average molecular weight is 367 g/mol. The third-order valence-electron chi connectivity index (χ3n) is 4.98. The zero-order chi connectivity index (χ0) is 17.9. The molecule has 4 nitrogen and oxygen atoms in total. The molecule has 2 heterocycles. The van der Waals surface area contributed by atoms with Crippen molar-refractivity contribution in [3.05, 3.63) is 64.8 Å². The number of rotatable bonds is 5. The number of pyridine rings is 1. The number of aromatic nitrogens is 1. The van der Waals surface area contributed by atoms with Gasteiger partial charge in [0.25, 0.3) is 0 Å². The molecule has 0 amide bonds. The van der Waals surface area contributed by atoms with Gasteiger partial charge in [-0.2, -0.15) is 0 Å². The third-order valence-corrected chi connectivity index (χ3v) is 5.27. The lowest BCUT2D eigenvalue weighted by Gasteiger charge is -2.16. The van der Waals surface area contributed by atoms with Crippen LogP contribution in [0.15, 0.2) is 48.5 Å². The minimum atomic E-state index is 0.340. The summed E-state index contributed by atoms with van der Waals surface area (Å²) in [7, 11) is 0. The number of hydrogen-bond acceptors (Lipinski definition) is 4. The van der Waals surface area contributed by atoms with Crippen LogP contribution < -0.4 is 11.1 Å². The van der Waals surface area contributed by atoms with Crippen LogP contribution in [0.1, 0.15) is 24.0 Å². The Hall–Kier alpha value is -2.30. The number of likely N-dealkylation sites (tertiary alicyclic amines) is 1. The van der Waals surface area contributed by atoms with Gasteiger partial charge in [-0.05, 0) is 43.1 Å². The molecule has 0 bridgehead atoms. The fraction of sp³-hybridized carbons (Fsp3) is 0.286. The third kappa shape index (κ3) is 3.62. The predicted molar refractivity (Wildman–Crippen MR) is 109 cm³/mol. The monoisotopic (exact) mass is 366 g/mol. The van der Waals surface area contributed by atoms with E-state index in [1.807, 2.05) is 24.3 Å². The van der Waals surface area contributed by atoms with Gasteiger partial charge in [0.15, 0.2) is 5.15 Å². The van der Waals surface area contributed by atoms with Crippen LogP contribution in [0.25, 0.3) is 10.9 Å². The zero-order valence-electron chi connectivity index (χ0n) is 14.7. The van der Waals surface area contributed by atoms with Crippen molar-refractivity contribution in [2.24, 2.45) is 0 Å². The Morgan fingerprint density at radius 2 is 1.69 bits per heavy atom. The van der Waals surface area contributed by atoms with Crippen LogP contribution in [0, 0.1) is 0 Å². The number of fused-ring (bicyclic) bond motifs is 1. The van der Waals surface area contributed by atoms with E-state index in [-0.39, 0.29) is 0 Å². The number of nitrogens with one attached hydrogen (secondary N) is 1. The van der Waals surface area contributed by atoms with Crippen molar-refractivity contribution < 1.29 is 0 Å². The molecular weight excluding hydrogens is 344 g/mol. The second-order valence-electron chi connectivity index (χ2n) is 6.86. The number of halogens is 1. The highest BCUT2D eigenvalue weighted by atomic mass is 35.5. The normalized spacial score (nSPS) is 14.8. The Morgan fingerprint density at radius 3 is 2.46 bits per heavy atom. The van der Waals surface area contributed by atoms with E-state index < -0.39 is 0 Å². The number of nitrogens with two attached hydrogens (primary N) is 1. The second kappa shape index (κ2) is 7.52. The standard InChI is InChI=1S/C21H23ClN4/c22-21-19(23)20(17-5-1-2-6-18(17)25-21)24-13-15-7-9-16(10-8-15)14-26-11-3-4-12-26/h1-2,5-10H,3-4,11-14,23H2,(H,24,25). The first-order chi connectivity index (χ1) is 12.7. The van der Waals surface area contributed by atoms with Crippen LogP contribution in [0.3, 0.4) is 0 Å². The van der Waals surface area contributed by atoms with Crippen LogP contribution in [-0.2, 0) is 13.1 Å². The van der Waals surface area contributed by atoms with Gasteiger partial charge in [-0.15, -0.1) is 0 Å². The van der Waals surface area contributed by atoms with Crippen molar-refractivity contribution in [2.75, 3.05) is 24.1 Å². The van der Waals surface area contributed by atoms with Gasteiger partial charge in [0.2, 0.25) is 0 Å². The van der Waals surface area contributed by atoms with Crippen molar-refractivity contribution in [3.63, 3.8) is 0 Å². The molecule has 0 aliphatic carbocycles. The molecule has 1 aromatic heterocycles. The van der Waals surface area contributed by atoms with Crippen molar-refractivity contribution in [3.8, 4) is 0 Å². The van der Waals surface area contributed by atoms with Gasteiger partial charge in [0.05, 0.1) is 16.9 Å². The molecule has 3 aromatic rings. The number of hydrogen-bond donors (Lipinski definition) is 2. The first-order valence-corrected chi connectivity index (χ1v) is 9.46. The fourth-order valence-corrected chi connectivity index (χ4v) is 3.72. The van der Waals surface area contributed by atoms with E-state index in [0.29, 0.717) is 17.4 Å². The summed E-state index contributed by atoms with van der Waals surface area (Å²) >= 11 is 6.20. The number of nitrogen functional groups attached to an aromatic ring is 1. The maximum atomic E-state index is 6.20. The average Bonchev–Trinajstić information content (AvgIpc) is 3.16. The second-order valence-corrected chi connectivity index (χ2v) is 7.22. The molecule has 0 saturated carbocycles. The lowest BCUT2D eigenvalue weighted by molar-refractivity contribution is 0.331. The molecule has 2 aromatic carbocycles. The van der Waals surface area contributed by atoms with E-state index >= 15 is 0 Å². The van der Waals surface area contributed by atoms with E-state index in [9.17, 15) is 0 Å². The van der Waals surface area contributed by atoms with Crippen molar-refractivity contribution >= 4 is 33.9 Å². The minimum absolute atomic E-state index is 0.340. The highest BCUT2D eigenvalue weighted by Gasteiger charge is 2.12. The highest BCUT2D eigenvalue weighted by molar-refractivity contribution is 6.33. The SMILES string of the molecule is Nc1c(Cl)nc2ccccc2c1NCc1ccc(CN2CCCC2)cc1. The Balaban J connectivity index is 1.49. The van der Waals surface area contributed by atoms with Gasteiger partial charge in [-0.25, -0.2) is 4.98 Å². The first-order valence-electron chi connectivity index (χ1n) is 9.08. The van der Waals surface area contributed by atoms with Crippen LogP contribution in [0.5, 0.6) is 0 Å². The summed E-state index contributed by atoms with van der Waals surface area (Å²) in [6.45, 7) is 4.18. The van der Waals surface area contributed by atoms with Gasteiger partial charge in [0.1, 0.15) is 0 Å². The number of anilines is 2. The molecule has 1 fully saturated rings. The first kappa shape index (κ1) is 17.1. The topological polar surface area (TPSA) is 54.2 Å². The highest BCUT2D eigenvalue weighted by Crippen LogP contribution is 2.33. The van der Waals surface area contributed by atoms with Crippen LogP contribution in [0.2, 0.25) is 5.15 Å². The van der Waals surface area contributed by atoms with E-state index in [1.54, 1.807) is 0 Å². The summed E-state index contributed by atoms with van der Waals surface area (Å²) in [4.78, 5) is 6.86. The Labute approximate surface area is 159 Å². The van der Waals surface area contributed by atoms with Crippen molar-refractivity contribution in [1.29, 1.82) is 0 Å². The van der Waals surface area contributed by atoms with Gasteiger partial charge >= 0.3 is 0 Å². The van der Waals surface area contributed by atoms with Gasteiger partial charge in [0, 0.05) is 18.5 Å². The lowest BCUT2D eigenvalue weighted by Crippen LogP contribution is -2.18. The van der Waals surface area contributed by atoms with Crippen LogP contribution in [-0.4, -0.2) is 23.0 Å². The smallest absolute Gasteiger partial charge is 0.154 e. The molecule has 5 heteroatoms. The van der Waals surface area contributed by atoms with E-state index in [4.69, 9.17) is 17.3 Å². The molecular formula is C21H23ClN4. The zero-order valence-corrected chi connectivity index (χ0v) is 15.5. The molecule has 26 heavy (non-hydrogen) atoms. The maximum Gasteiger partial charge on any atom is 0.154 e. The van der Waals surface area contributed by atoms with Gasteiger partial charge in [-0.3, -0.25) is 4.90 Å². The van der Waals surface area contributed by atoms with Crippen molar-refractivity contribution in [2.45, 2.75) is 25.9 Å². The Bertz CT molecular complexity index is 902. The van der Waals surface area contributed by atoms with Crippen molar-refractivity contribution in [1.82, 2.24) is 9.88 Å². The molecule has 1 aliphatic heterocycles. The molecule has 0 unspecified atom stereocenters. The number of nitrogens with zero attached hydrogens (tertiary/aromatic N) is 2. The number of para-hydroxylation sites is 1. The lowest BCUT2D eigenvalue weighted by atomic mass is 10.1. The number of benzene rings is 2. The Kier molecular flexibility index (Phi) is 4.96. The summed E-state index contributed by atoms with van der Waals surface area (Å²) in [6, 6.07) is 16.7. The van der Waals surface area contributed by atoms with Gasteiger partial charge < -0.3 is 11.1 Å². The largest absolute Gasteiger partial charge is 0.395 e. The Morgan fingerprint density at radius 1 is 1.00 bits per heavy atom. The summed E-state index contributed by atoms with van der Waals surface area (Å²) in [5.74, 6) is 0. The minimum Gasteiger partial charge on any atom is -0.395 e. The molecule has 1 aliphatic rings. The molecule has 0 radical (unpaired) electrons. The molecule has 3 N–H and O–H groups in total. The van der Waals surface area contributed by atoms with E-state index in [0.717, 1.165) is 23.1 Å². The quantitative estimate of drug-likeness (QED) is 0.644. The fourth-order valence-electron chi connectivity index (χ4n) is 3.54. The summed E-state index contributed by atoms with van der Waals surface area (Å²) in [5.41, 5.74) is 10.9. The molecule has 134 valence electrons.